The maximum atomic E-state index is 15.8. The van der Waals surface area contributed by atoms with Crippen molar-refractivity contribution in [1.82, 2.24) is 24.7 Å². The third-order valence-corrected chi connectivity index (χ3v) is 7.89. The molecule has 5 aromatic rings. The summed E-state index contributed by atoms with van der Waals surface area (Å²) in [4.78, 5) is 11.9. The highest BCUT2D eigenvalue weighted by Crippen LogP contribution is 2.49. The fourth-order valence-corrected chi connectivity index (χ4v) is 5.79. The van der Waals surface area contributed by atoms with Crippen molar-refractivity contribution in [1.29, 1.82) is 0 Å². The van der Waals surface area contributed by atoms with E-state index in [1.54, 1.807) is 6.92 Å². The molecular weight excluding hydrogens is 596 g/mol. The molecule has 12 heteroatoms. The minimum Gasteiger partial charge on any atom is -0.245 e. The van der Waals surface area contributed by atoms with Crippen LogP contribution in [0.3, 0.4) is 0 Å². The topological polar surface area (TPSA) is 56.5 Å². The molecule has 215 valence electrons. The van der Waals surface area contributed by atoms with Crippen LogP contribution in [-0.4, -0.2) is 24.7 Å². The predicted molar refractivity (Wildman–Crippen MR) is 147 cm³/mol. The summed E-state index contributed by atoms with van der Waals surface area (Å²) in [6, 6.07) is 11.0. The molecule has 1 atom stereocenters. The number of nitrogens with zero attached hydrogens (tertiary/aromatic N) is 5. The second-order valence-electron chi connectivity index (χ2n) is 9.64. The van der Waals surface area contributed by atoms with Gasteiger partial charge < -0.3 is 0 Å². The van der Waals surface area contributed by atoms with Crippen molar-refractivity contribution >= 4 is 23.2 Å². The molecule has 0 aliphatic heterocycles. The molecular formula is C30H21Cl2F5N5. The molecule has 0 aliphatic rings. The Kier molecular flexibility index (Phi) is 8.56. The molecule has 0 fully saturated rings. The Morgan fingerprint density at radius 3 is 1.98 bits per heavy atom. The van der Waals surface area contributed by atoms with Crippen molar-refractivity contribution < 1.29 is 22.0 Å². The summed E-state index contributed by atoms with van der Waals surface area (Å²) in [5.41, 5.74) is -2.11. The van der Waals surface area contributed by atoms with E-state index in [4.69, 9.17) is 23.2 Å². The van der Waals surface area contributed by atoms with Gasteiger partial charge in [-0.1, -0.05) is 48.3 Å². The second kappa shape index (κ2) is 12.1. The van der Waals surface area contributed by atoms with Crippen LogP contribution in [0.5, 0.6) is 0 Å². The normalized spacial score (nSPS) is 12.6. The van der Waals surface area contributed by atoms with Crippen molar-refractivity contribution in [2.45, 2.75) is 31.2 Å². The number of benzene rings is 3. The van der Waals surface area contributed by atoms with Gasteiger partial charge in [-0.05, 0) is 35.9 Å². The largest absolute Gasteiger partial charge is 0.245 e. The average Bonchev–Trinajstić information content (AvgIpc) is 3.50. The Morgan fingerprint density at radius 2 is 1.45 bits per heavy atom. The summed E-state index contributed by atoms with van der Waals surface area (Å²) in [5, 5.41) is 4.38. The van der Waals surface area contributed by atoms with Gasteiger partial charge in [0.1, 0.15) is 42.3 Å². The Balaban J connectivity index is 1.89. The zero-order chi connectivity index (χ0) is 30.0. The van der Waals surface area contributed by atoms with Crippen molar-refractivity contribution in [3.63, 3.8) is 0 Å². The van der Waals surface area contributed by atoms with E-state index >= 15 is 17.6 Å². The molecule has 0 saturated heterocycles. The second-order valence-corrected chi connectivity index (χ2v) is 10.5. The Hall–Kier alpha value is -3.89. The number of rotatable bonds is 9. The maximum Gasteiger partial charge on any atom is 0.163 e. The summed E-state index contributed by atoms with van der Waals surface area (Å²) in [5.74, 6) is -5.12. The summed E-state index contributed by atoms with van der Waals surface area (Å²) in [6.45, 7) is 1.54. The zero-order valence-corrected chi connectivity index (χ0v) is 23.4. The molecule has 0 bridgehead atoms. The number of hydrogen-bond donors (Lipinski definition) is 0. The molecule has 1 radical (unpaired) electrons. The van der Waals surface area contributed by atoms with Gasteiger partial charge in [-0.3, -0.25) is 0 Å². The highest BCUT2D eigenvalue weighted by Gasteiger charge is 2.49. The third kappa shape index (κ3) is 5.61. The molecule has 5 rings (SSSR count). The standard InChI is InChI=1S/C30H21Cl2F5N5/c1-17(29-27(37)13-38-14-40-29)28(19-9-8-18(33)10-26(19)36)30(42-16-39-15-41-42,11-20-22(31)4-2-6-24(20)34)12-21-23(32)5-3-7-25(21)35/h2-10,13-17H,11-12H2,1H3/t17-/m0/s1. The van der Waals surface area contributed by atoms with Gasteiger partial charge in [0.2, 0.25) is 0 Å². The molecule has 42 heavy (non-hydrogen) atoms. The van der Waals surface area contributed by atoms with Crippen molar-refractivity contribution in [3.8, 4) is 0 Å². The van der Waals surface area contributed by atoms with Gasteiger partial charge in [0.15, 0.2) is 5.82 Å². The smallest absolute Gasteiger partial charge is 0.163 e. The highest BCUT2D eigenvalue weighted by atomic mass is 35.5. The lowest BCUT2D eigenvalue weighted by atomic mass is 9.65. The molecule has 0 spiro atoms. The molecule has 0 amide bonds. The molecule has 3 aromatic carbocycles. The maximum absolute atomic E-state index is 15.8. The van der Waals surface area contributed by atoms with Crippen LogP contribution >= 0.6 is 23.2 Å². The van der Waals surface area contributed by atoms with Crippen LogP contribution in [0.4, 0.5) is 22.0 Å². The van der Waals surface area contributed by atoms with Gasteiger partial charge in [0, 0.05) is 51.9 Å². The average molecular weight is 617 g/mol. The number of hydrogen-bond acceptors (Lipinski definition) is 4. The van der Waals surface area contributed by atoms with E-state index in [0.29, 0.717) is 6.07 Å². The molecule has 0 saturated carbocycles. The van der Waals surface area contributed by atoms with Crippen LogP contribution < -0.4 is 0 Å². The molecule has 2 heterocycles. The molecule has 0 aliphatic carbocycles. The SMILES string of the molecule is C[C@@H]([C](c1ccc(F)cc1F)C(Cc1c(F)cccc1Cl)(Cc1c(F)cccc1Cl)n1cncn1)c1ncncc1F. The Bertz CT molecular complexity index is 1620. The van der Waals surface area contributed by atoms with E-state index < -0.39 is 40.5 Å². The summed E-state index contributed by atoms with van der Waals surface area (Å²) >= 11 is 13.0. The molecule has 0 unspecified atom stereocenters. The van der Waals surface area contributed by atoms with Gasteiger partial charge >= 0.3 is 0 Å². The number of aromatic nitrogens is 5. The van der Waals surface area contributed by atoms with Gasteiger partial charge in [0.05, 0.1) is 17.4 Å². The molecule has 5 nitrogen and oxygen atoms in total. The van der Waals surface area contributed by atoms with Crippen LogP contribution in [0.1, 0.15) is 35.2 Å². The fraction of sp³-hybridized carbons (Fsp3) is 0.167. The summed E-state index contributed by atoms with van der Waals surface area (Å²) in [7, 11) is 0. The predicted octanol–water partition coefficient (Wildman–Crippen LogP) is 7.68. The fourth-order valence-electron chi connectivity index (χ4n) is 5.33. The van der Waals surface area contributed by atoms with E-state index in [2.05, 4.69) is 20.1 Å². The first kappa shape index (κ1) is 29.6. The van der Waals surface area contributed by atoms with Crippen LogP contribution in [0, 0.1) is 35.0 Å². The first-order chi connectivity index (χ1) is 20.1. The van der Waals surface area contributed by atoms with Gasteiger partial charge in [-0.25, -0.2) is 41.6 Å². The monoisotopic (exact) mass is 616 g/mol. The first-order valence-corrected chi connectivity index (χ1v) is 13.4. The van der Waals surface area contributed by atoms with E-state index in [9.17, 15) is 4.39 Å². The van der Waals surface area contributed by atoms with Crippen molar-refractivity contribution in [2.75, 3.05) is 0 Å². The van der Waals surface area contributed by atoms with Crippen LogP contribution in [0.25, 0.3) is 0 Å². The molecule has 0 N–H and O–H groups in total. The summed E-state index contributed by atoms with van der Waals surface area (Å²) in [6.07, 6.45) is 3.83. The molecule has 2 aromatic heterocycles. The summed E-state index contributed by atoms with van der Waals surface area (Å²) < 4.78 is 77.4. The Labute approximate surface area is 248 Å². The van der Waals surface area contributed by atoms with Gasteiger partial charge in [-0.2, -0.15) is 5.10 Å². The lowest BCUT2D eigenvalue weighted by Crippen LogP contribution is -2.48. The quantitative estimate of drug-likeness (QED) is 0.159. The zero-order valence-electron chi connectivity index (χ0n) is 21.9. The van der Waals surface area contributed by atoms with E-state index in [0.717, 1.165) is 18.6 Å². The van der Waals surface area contributed by atoms with E-state index in [1.807, 2.05) is 0 Å². The van der Waals surface area contributed by atoms with Gasteiger partial charge in [0.25, 0.3) is 0 Å². The number of halogens is 7. The van der Waals surface area contributed by atoms with E-state index in [1.165, 1.54) is 59.8 Å². The first-order valence-electron chi connectivity index (χ1n) is 12.6. The van der Waals surface area contributed by atoms with Crippen LogP contribution in [0.15, 0.2) is 79.8 Å². The van der Waals surface area contributed by atoms with Gasteiger partial charge in [-0.15, -0.1) is 0 Å². The van der Waals surface area contributed by atoms with E-state index in [-0.39, 0.29) is 51.2 Å². The highest BCUT2D eigenvalue weighted by molar-refractivity contribution is 6.31. The van der Waals surface area contributed by atoms with Crippen molar-refractivity contribution in [2.24, 2.45) is 0 Å². The van der Waals surface area contributed by atoms with Crippen LogP contribution in [0.2, 0.25) is 10.0 Å². The Morgan fingerprint density at radius 1 is 0.810 bits per heavy atom. The lowest BCUT2D eigenvalue weighted by molar-refractivity contribution is 0.247. The van der Waals surface area contributed by atoms with Crippen molar-refractivity contribution in [3.05, 3.63) is 147 Å². The minimum atomic E-state index is -1.76. The third-order valence-electron chi connectivity index (χ3n) is 7.18. The lowest BCUT2D eigenvalue weighted by Gasteiger charge is -2.44. The van der Waals surface area contributed by atoms with Crippen LogP contribution in [-0.2, 0) is 18.4 Å². The minimum absolute atomic E-state index is 0.0162.